The molecule has 27 heavy (non-hydrogen) atoms. The lowest BCUT2D eigenvalue weighted by Gasteiger charge is -2.38. The maximum absolute atomic E-state index is 12.8. The van der Waals surface area contributed by atoms with Crippen LogP contribution in [0.5, 0.6) is 0 Å². The Morgan fingerprint density at radius 1 is 1.07 bits per heavy atom. The number of amides is 2. The summed E-state index contributed by atoms with van der Waals surface area (Å²) >= 11 is 6.06. The molecule has 0 atom stereocenters. The highest BCUT2D eigenvalue weighted by molar-refractivity contribution is 6.30. The molecule has 2 saturated heterocycles. The van der Waals surface area contributed by atoms with Gasteiger partial charge in [0.05, 0.1) is 6.61 Å². The minimum absolute atomic E-state index is 0.0924. The van der Waals surface area contributed by atoms with Crippen LogP contribution in [-0.2, 0) is 16.1 Å². The van der Waals surface area contributed by atoms with E-state index in [1.807, 2.05) is 23.1 Å². The Labute approximate surface area is 166 Å². The van der Waals surface area contributed by atoms with Gasteiger partial charge in [0.1, 0.15) is 0 Å². The van der Waals surface area contributed by atoms with Gasteiger partial charge in [0.15, 0.2) is 0 Å². The second-order valence-corrected chi connectivity index (χ2v) is 7.63. The summed E-state index contributed by atoms with van der Waals surface area (Å²) in [4.78, 5) is 30.6. The van der Waals surface area contributed by atoms with Gasteiger partial charge < -0.3 is 14.5 Å². The van der Waals surface area contributed by atoms with Crippen molar-refractivity contribution < 1.29 is 14.3 Å². The molecule has 2 fully saturated rings. The molecule has 0 aromatic heterocycles. The minimum atomic E-state index is -0.279. The molecule has 0 bridgehead atoms. The molecule has 0 unspecified atom stereocenters. The molecule has 0 N–H and O–H groups in total. The van der Waals surface area contributed by atoms with Crippen LogP contribution in [0.3, 0.4) is 0 Å². The first-order valence-corrected chi connectivity index (χ1v) is 10.1. The lowest BCUT2D eigenvalue weighted by Crippen LogP contribution is -2.53. The van der Waals surface area contributed by atoms with Crippen LogP contribution in [-0.4, -0.2) is 72.6 Å². The van der Waals surface area contributed by atoms with Gasteiger partial charge in [0, 0.05) is 43.7 Å². The normalized spacial score (nSPS) is 19.2. The summed E-state index contributed by atoms with van der Waals surface area (Å²) in [7, 11) is 0. The molecule has 2 aliphatic heterocycles. The average molecular weight is 394 g/mol. The third-order valence-corrected chi connectivity index (χ3v) is 5.58. The molecule has 2 heterocycles. The molecule has 0 saturated carbocycles. The van der Waals surface area contributed by atoms with Gasteiger partial charge in [-0.2, -0.15) is 0 Å². The van der Waals surface area contributed by atoms with E-state index in [1.54, 1.807) is 11.8 Å². The average Bonchev–Trinajstić information content (AvgIpc) is 2.68. The number of halogens is 1. The highest BCUT2D eigenvalue weighted by atomic mass is 35.5. The molecule has 6 nitrogen and oxygen atoms in total. The van der Waals surface area contributed by atoms with E-state index in [0.29, 0.717) is 32.8 Å². The molecule has 7 heteroatoms. The van der Waals surface area contributed by atoms with E-state index in [-0.39, 0.29) is 17.9 Å². The van der Waals surface area contributed by atoms with Gasteiger partial charge in [0.25, 0.3) is 0 Å². The van der Waals surface area contributed by atoms with Crippen molar-refractivity contribution in [3.63, 3.8) is 0 Å². The Morgan fingerprint density at radius 3 is 2.37 bits per heavy atom. The number of piperazine rings is 1. The quantitative estimate of drug-likeness (QED) is 0.789. The van der Waals surface area contributed by atoms with Crippen molar-refractivity contribution in [1.29, 1.82) is 0 Å². The number of nitrogens with zero attached hydrogens (tertiary/aromatic N) is 3. The van der Waals surface area contributed by atoms with Gasteiger partial charge in [-0.15, -0.1) is 0 Å². The summed E-state index contributed by atoms with van der Waals surface area (Å²) in [6, 6.07) is 7.95. The van der Waals surface area contributed by atoms with E-state index in [4.69, 9.17) is 16.3 Å². The molecule has 2 aliphatic rings. The molecule has 2 amide bonds. The van der Waals surface area contributed by atoms with E-state index in [0.717, 1.165) is 37.5 Å². The molecular formula is C20H28ClN3O3. The number of carbonyl (C=O) groups is 2. The van der Waals surface area contributed by atoms with Gasteiger partial charge >= 0.3 is 6.09 Å². The number of ether oxygens (including phenoxy) is 1. The highest BCUT2D eigenvalue weighted by Gasteiger charge is 2.31. The van der Waals surface area contributed by atoms with Crippen LogP contribution in [0, 0.1) is 5.92 Å². The zero-order chi connectivity index (χ0) is 19.2. The Hall–Kier alpha value is -1.79. The van der Waals surface area contributed by atoms with Gasteiger partial charge in [0.2, 0.25) is 5.91 Å². The molecule has 0 radical (unpaired) electrons. The number of benzene rings is 1. The van der Waals surface area contributed by atoms with Crippen LogP contribution in [0.2, 0.25) is 5.02 Å². The number of hydrogen-bond donors (Lipinski definition) is 0. The van der Waals surface area contributed by atoms with Crippen molar-refractivity contribution in [2.45, 2.75) is 26.3 Å². The fourth-order valence-electron chi connectivity index (χ4n) is 3.81. The molecule has 1 aromatic carbocycles. The number of likely N-dealkylation sites (tertiary alicyclic amines) is 1. The van der Waals surface area contributed by atoms with E-state index in [1.165, 1.54) is 5.56 Å². The molecule has 3 rings (SSSR count). The fourth-order valence-corrected chi connectivity index (χ4v) is 4.03. The summed E-state index contributed by atoms with van der Waals surface area (Å²) in [6.07, 6.45) is 1.49. The first-order valence-electron chi connectivity index (χ1n) is 9.74. The number of rotatable bonds is 4. The van der Waals surface area contributed by atoms with Crippen molar-refractivity contribution in [3.05, 3.63) is 34.9 Å². The van der Waals surface area contributed by atoms with Gasteiger partial charge in [-0.05, 0) is 50.6 Å². The van der Waals surface area contributed by atoms with Crippen molar-refractivity contribution in [3.8, 4) is 0 Å². The van der Waals surface area contributed by atoms with Crippen molar-refractivity contribution in [2.24, 2.45) is 5.92 Å². The predicted molar refractivity (Wildman–Crippen MR) is 105 cm³/mol. The van der Waals surface area contributed by atoms with E-state index in [9.17, 15) is 9.59 Å². The molecule has 1 aromatic rings. The van der Waals surface area contributed by atoms with Crippen LogP contribution in [0.15, 0.2) is 24.3 Å². The monoisotopic (exact) mass is 393 g/mol. The summed E-state index contributed by atoms with van der Waals surface area (Å²) in [5.74, 6) is 0.329. The lowest BCUT2D eigenvalue weighted by atomic mass is 9.94. The van der Waals surface area contributed by atoms with E-state index < -0.39 is 0 Å². The first kappa shape index (κ1) is 20.0. The van der Waals surface area contributed by atoms with Crippen LogP contribution in [0.4, 0.5) is 4.79 Å². The molecular weight excluding hydrogens is 366 g/mol. The minimum Gasteiger partial charge on any atom is -0.450 e. The standard InChI is InChI=1S/C20H28ClN3O3/c1-2-27-20(26)24-12-10-23(11-13-24)19(25)17-6-8-22(9-7-17)15-16-4-3-5-18(21)14-16/h3-5,14,17H,2,6-13,15H2,1H3. The third kappa shape index (κ3) is 5.36. The Bertz CT molecular complexity index is 654. The van der Waals surface area contributed by atoms with Crippen LogP contribution in [0.1, 0.15) is 25.3 Å². The molecule has 148 valence electrons. The second-order valence-electron chi connectivity index (χ2n) is 7.19. The summed E-state index contributed by atoms with van der Waals surface area (Å²) in [5, 5.41) is 0.763. The number of hydrogen-bond acceptors (Lipinski definition) is 4. The summed E-state index contributed by atoms with van der Waals surface area (Å²) < 4.78 is 5.03. The molecule has 0 spiro atoms. The van der Waals surface area contributed by atoms with E-state index in [2.05, 4.69) is 11.0 Å². The van der Waals surface area contributed by atoms with Gasteiger partial charge in [-0.3, -0.25) is 9.69 Å². The largest absolute Gasteiger partial charge is 0.450 e. The molecule has 0 aliphatic carbocycles. The van der Waals surface area contributed by atoms with Gasteiger partial charge in [-0.1, -0.05) is 23.7 Å². The zero-order valence-corrected chi connectivity index (χ0v) is 16.7. The lowest BCUT2D eigenvalue weighted by molar-refractivity contribution is -0.138. The van der Waals surface area contributed by atoms with Crippen LogP contribution in [0.25, 0.3) is 0 Å². The first-order chi connectivity index (χ1) is 13.1. The van der Waals surface area contributed by atoms with Crippen LogP contribution < -0.4 is 0 Å². The maximum atomic E-state index is 12.8. The number of piperidine rings is 1. The SMILES string of the molecule is CCOC(=O)N1CCN(C(=O)C2CCN(Cc3cccc(Cl)c3)CC2)CC1. The summed E-state index contributed by atoms with van der Waals surface area (Å²) in [6.45, 7) is 7.20. The fraction of sp³-hybridized carbons (Fsp3) is 0.600. The predicted octanol–water partition coefficient (Wildman–Crippen LogP) is 2.85. The highest BCUT2D eigenvalue weighted by Crippen LogP contribution is 2.22. The Balaban J connectivity index is 1.43. The maximum Gasteiger partial charge on any atom is 0.409 e. The Kier molecular flexibility index (Phi) is 6.96. The number of carbonyl (C=O) groups excluding carboxylic acids is 2. The van der Waals surface area contributed by atoms with Crippen LogP contribution >= 0.6 is 11.6 Å². The second kappa shape index (κ2) is 9.42. The van der Waals surface area contributed by atoms with Crippen molar-refractivity contribution >= 4 is 23.6 Å². The Morgan fingerprint density at radius 2 is 1.74 bits per heavy atom. The van der Waals surface area contributed by atoms with Crippen molar-refractivity contribution in [1.82, 2.24) is 14.7 Å². The third-order valence-electron chi connectivity index (χ3n) is 5.35. The smallest absolute Gasteiger partial charge is 0.409 e. The summed E-state index contributed by atoms with van der Waals surface area (Å²) in [5.41, 5.74) is 1.21. The van der Waals surface area contributed by atoms with Crippen molar-refractivity contribution in [2.75, 3.05) is 45.9 Å². The van der Waals surface area contributed by atoms with Gasteiger partial charge in [-0.25, -0.2) is 4.79 Å². The topological polar surface area (TPSA) is 53.1 Å². The van der Waals surface area contributed by atoms with E-state index >= 15 is 0 Å². The zero-order valence-electron chi connectivity index (χ0n) is 15.9.